The van der Waals surface area contributed by atoms with Crippen molar-refractivity contribution >= 4 is 39.1 Å². The van der Waals surface area contributed by atoms with Crippen molar-refractivity contribution < 1.29 is 17.9 Å². The minimum absolute atomic E-state index is 0.0579. The summed E-state index contributed by atoms with van der Waals surface area (Å²) in [6.07, 6.45) is 2.67. The number of ether oxygens (including phenoxy) is 1. The Hall–Kier alpha value is -2.97. The van der Waals surface area contributed by atoms with Crippen molar-refractivity contribution in [2.45, 2.75) is 36.1 Å². The van der Waals surface area contributed by atoms with Crippen molar-refractivity contribution in [1.29, 1.82) is 0 Å². The number of nitrogens with zero attached hydrogens (tertiary/aromatic N) is 2. The van der Waals surface area contributed by atoms with Crippen molar-refractivity contribution in [1.82, 2.24) is 0 Å². The van der Waals surface area contributed by atoms with Gasteiger partial charge in [-0.05, 0) is 74.6 Å². The number of carbonyl (C=O) groups is 1. The number of sulfonamides is 1. The number of fused-ring (bicyclic) bond motifs is 1. The largest absolute Gasteiger partial charge is 0.492 e. The van der Waals surface area contributed by atoms with Gasteiger partial charge in [-0.2, -0.15) is 0 Å². The third-order valence-corrected chi connectivity index (χ3v) is 8.35. The molecule has 8 heteroatoms. The second kappa shape index (κ2) is 10.1. The summed E-state index contributed by atoms with van der Waals surface area (Å²) < 4.78 is 34.6. The molecule has 0 radical (unpaired) electrons. The maximum atomic E-state index is 13.9. The predicted molar refractivity (Wildman–Crippen MR) is 137 cm³/mol. The Morgan fingerprint density at radius 3 is 2.44 bits per heavy atom. The van der Waals surface area contributed by atoms with Gasteiger partial charge in [-0.15, -0.1) is 11.8 Å². The van der Waals surface area contributed by atoms with Crippen LogP contribution in [-0.2, 0) is 21.2 Å². The standard InChI is InChI=1S/C26H28N2O4S2/c1-4-32-25-12-8-7-11-24(25)27(34(30,31)22-15-13-21(33-3)14-16-22)18-26(29)28-19(2)17-20-9-5-6-10-23(20)28/h5-16,19H,4,17-18H2,1-3H3. The second-order valence-corrected chi connectivity index (χ2v) is 10.8. The highest BCUT2D eigenvalue weighted by atomic mass is 32.2. The molecule has 178 valence electrons. The summed E-state index contributed by atoms with van der Waals surface area (Å²) in [5, 5.41) is 0. The molecule has 3 aromatic carbocycles. The van der Waals surface area contributed by atoms with Crippen LogP contribution in [0.3, 0.4) is 0 Å². The molecule has 0 bridgehead atoms. The molecule has 1 atom stereocenters. The first kappa shape index (κ1) is 24.2. The van der Waals surface area contributed by atoms with Gasteiger partial charge in [0, 0.05) is 16.6 Å². The zero-order chi connectivity index (χ0) is 24.3. The van der Waals surface area contributed by atoms with Crippen LogP contribution < -0.4 is 13.9 Å². The predicted octanol–water partition coefficient (Wildman–Crippen LogP) is 4.98. The third-order valence-electron chi connectivity index (χ3n) is 5.84. The Bertz CT molecular complexity index is 1280. The molecule has 0 saturated carbocycles. The van der Waals surface area contributed by atoms with Crippen LogP contribution in [0, 0.1) is 0 Å². The van der Waals surface area contributed by atoms with Gasteiger partial charge in [0.05, 0.1) is 17.2 Å². The SMILES string of the molecule is CCOc1ccccc1N(CC(=O)N1c2ccccc2CC1C)S(=O)(=O)c1ccc(SC)cc1. The molecule has 34 heavy (non-hydrogen) atoms. The Balaban J connectivity index is 1.76. The van der Waals surface area contributed by atoms with Crippen molar-refractivity contribution in [3.05, 3.63) is 78.4 Å². The van der Waals surface area contributed by atoms with Gasteiger partial charge in [-0.3, -0.25) is 9.10 Å². The average molecular weight is 497 g/mol. The quantitative estimate of drug-likeness (QED) is 0.412. The Morgan fingerprint density at radius 1 is 1.06 bits per heavy atom. The van der Waals surface area contributed by atoms with E-state index in [2.05, 4.69) is 0 Å². The number of benzene rings is 3. The molecule has 3 aromatic rings. The Kier molecular flexibility index (Phi) is 7.19. The van der Waals surface area contributed by atoms with E-state index < -0.39 is 10.0 Å². The molecule has 0 N–H and O–H groups in total. The van der Waals surface area contributed by atoms with E-state index in [1.807, 2.05) is 44.4 Å². The zero-order valence-electron chi connectivity index (χ0n) is 19.5. The number of rotatable bonds is 8. The number of para-hydroxylation sites is 3. The molecular weight excluding hydrogens is 468 g/mol. The smallest absolute Gasteiger partial charge is 0.264 e. The number of hydrogen-bond acceptors (Lipinski definition) is 5. The number of hydrogen-bond donors (Lipinski definition) is 0. The number of anilines is 2. The minimum Gasteiger partial charge on any atom is -0.492 e. The van der Waals surface area contributed by atoms with E-state index in [1.165, 1.54) is 16.1 Å². The summed E-state index contributed by atoms with van der Waals surface area (Å²) in [7, 11) is -4.04. The van der Waals surface area contributed by atoms with Crippen LogP contribution in [0.1, 0.15) is 19.4 Å². The summed E-state index contributed by atoms with van der Waals surface area (Å²) in [5.41, 5.74) is 2.26. The number of amides is 1. The minimum atomic E-state index is -4.04. The normalized spacial score (nSPS) is 15.1. The molecule has 1 aliphatic rings. The van der Waals surface area contributed by atoms with Gasteiger partial charge in [0.15, 0.2) is 0 Å². The molecule has 0 spiro atoms. The van der Waals surface area contributed by atoms with Crippen LogP contribution in [0.15, 0.2) is 82.6 Å². The maximum Gasteiger partial charge on any atom is 0.264 e. The molecule has 1 heterocycles. The van der Waals surface area contributed by atoms with E-state index in [0.717, 1.165) is 22.6 Å². The lowest BCUT2D eigenvalue weighted by atomic mass is 10.1. The first-order valence-electron chi connectivity index (χ1n) is 11.2. The van der Waals surface area contributed by atoms with Crippen LogP contribution >= 0.6 is 11.8 Å². The van der Waals surface area contributed by atoms with Gasteiger partial charge in [-0.1, -0.05) is 30.3 Å². The van der Waals surface area contributed by atoms with E-state index in [0.29, 0.717) is 18.0 Å². The average Bonchev–Trinajstić information content (AvgIpc) is 3.19. The zero-order valence-corrected chi connectivity index (χ0v) is 21.1. The van der Waals surface area contributed by atoms with Gasteiger partial charge >= 0.3 is 0 Å². The van der Waals surface area contributed by atoms with E-state index >= 15 is 0 Å². The molecule has 0 saturated heterocycles. The van der Waals surface area contributed by atoms with Crippen LogP contribution in [-0.4, -0.2) is 39.8 Å². The fourth-order valence-corrected chi connectivity index (χ4v) is 6.09. The highest BCUT2D eigenvalue weighted by Gasteiger charge is 2.35. The lowest BCUT2D eigenvalue weighted by Crippen LogP contribution is -2.45. The summed E-state index contributed by atoms with van der Waals surface area (Å²) in [4.78, 5) is 16.4. The van der Waals surface area contributed by atoms with Gasteiger partial charge < -0.3 is 9.64 Å². The lowest BCUT2D eigenvalue weighted by Gasteiger charge is -2.29. The third kappa shape index (κ3) is 4.65. The fraction of sp³-hybridized carbons (Fsp3) is 0.269. The van der Waals surface area contributed by atoms with E-state index in [9.17, 15) is 13.2 Å². The number of thioether (sulfide) groups is 1. The van der Waals surface area contributed by atoms with E-state index in [-0.39, 0.29) is 23.4 Å². The molecular formula is C26H28N2O4S2. The van der Waals surface area contributed by atoms with Crippen molar-refractivity contribution in [2.75, 3.05) is 28.6 Å². The lowest BCUT2D eigenvalue weighted by molar-refractivity contribution is -0.117. The highest BCUT2D eigenvalue weighted by molar-refractivity contribution is 7.98. The summed E-state index contributed by atoms with van der Waals surface area (Å²) in [6.45, 7) is 3.85. The van der Waals surface area contributed by atoms with Crippen LogP contribution in [0.5, 0.6) is 5.75 Å². The number of carbonyl (C=O) groups excluding carboxylic acids is 1. The summed E-state index contributed by atoms with van der Waals surface area (Å²) in [6, 6.07) is 21.3. The maximum absolute atomic E-state index is 13.9. The molecule has 1 aliphatic heterocycles. The van der Waals surface area contributed by atoms with Crippen LogP contribution in [0.4, 0.5) is 11.4 Å². The monoisotopic (exact) mass is 496 g/mol. The molecule has 1 amide bonds. The van der Waals surface area contributed by atoms with Crippen molar-refractivity contribution in [3.63, 3.8) is 0 Å². The van der Waals surface area contributed by atoms with Gasteiger partial charge in [-0.25, -0.2) is 8.42 Å². The van der Waals surface area contributed by atoms with Crippen molar-refractivity contribution in [3.8, 4) is 5.75 Å². The second-order valence-electron chi connectivity index (χ2n) is 8.03. The van der Waals surface area contributed by atoms with Gasteiger partial charge in [0.1, 0.15) is 12.3 Å². The topological polar surface area (TPSA) is 66.9 Å². The molecule has 6 nitrogen and oxygen atoms in total. The Labute approximate surface area is 205 Å². The van der Waals surface area contributed by atoms with Crippen LogP contribution in [0.25, 0.3) is 0 Å². The van der Waals surface area contributed by atoms with Gasteiger partial charge in [0.2, 0.25) is 5.91 Å². The molecule has 4 rings (SSSR count). The molecule has 0 aromatic heterocycles. The highest BCUT2D eigenvalue weighted by Crippen LogP contribution is 2.35. The molecule has 0 aliphatic carbocycles. The first-order valence-corrected chi connectivity index (χ1v) is 13.8. The molecule has 0 fully saturated rings. The van der Waals surface area contributed by atoms with Crippen LogP contribution in [0.2, 0.25) is 0 Å². The summed E-state index contributed by atoms with van der Waals surface area (Å²) >= 11 is 1.53. The van der Waals surface area contributed by atoms with E-state index in [1.54, 1.807) is 53.4 Å². The van der Waals surface area contributed by atoms with Gasteiger partial charge in [0.25, 0.3) is 10.0 Å². The Morgan fingerprint density at radius 2 is 1.74 bits per heavy atom. The summed E-state index contributed by atoms with van der Waals surface area (Å²) in [5.74, 6) is 0.130. The first-order chi connectivity index (χ1) is 16.4. The molecule has 1 unspecified atom stereocenters. The van der Waals surface area contributed by atoms with Crippen molar-refractivity contribution in [2.24, 2.45) is 0 Å². The fourth-order valence-electron chi connectivity index (χ4n) is 4.26. The van der Waals surface area contributed by atoms with E-state index in [4.69, 9.17) is 4.74 Å².